The summed E-state index contributed by atoms with van der Waals surface area (Å²) >= 11 is 0. The Morgan fingerprint density at radius 1 is 0.674 bits per heavy atom. The maximum Gasteiger partial charge on any atom is 0.218 e. The van der Waals surface area contributed by atoms with Crippen LogP contribution in [0.1, 0.15) is 82.6 Å². The van der Waals surface area contributed by atoms with Gasteiger partial charge in [-0.1, -0.05) is 88.7 Å². The smallest absolute Gasteiger partial charge is 0.192 e. The molecule has 3 aromatic heterocycles. The van der Waals surface area contributed by atoms with Crippen molar-refractivity contribution in [3.05, 3.63) is 138 Å². The van der Waals surface area contributed by atoms with Gasteiger partial charge >= 0.3 is 0 Å². The van der Waals surface area contributed by atoms with Gasteiger partial charge in [-0.2, -0.15) is 8.97 Å². The average Bonchev–Trinajstić information content (AvgIpc) is 3.12. The van der Waals surface area contributed by atoms with Crippen LogP contribution in [0.15, 0.2) is 116 Å². The van der Waals surface area contributed by atoms with Gasteiger partial charge in [0.1, 0.15) is 0 Å². The molecule has 0 aliphatic carbocycles. The maximum absolute atomic E-state index is 2.62. The Balaban J connectivity index is 1.45. The molecule has 0 fully saturated rings. The summed E-state index contributed by atoms with van der Waals surface area (Å²) in [5, 5.41) is 2.68. The van der Waals surface area contributed by atoms with E-state index in [0.29, 0.717) is 0 Å². The normalized spacial score (nSPS) is 18.9. The van der Waals surface area contributed by atoms with Gasteiger partial charge < -0.3 is 0 Å². The number of nitrogens with zero attached hydrogens (tertiary/aromatic N) is 2. The van der Waals surface area contributed by atoms with Gasteiger partial charge in [0.2, 0.25) is 11.2 Å². The van der Waals surface area contributed by atoms with Gasteiger partial charge in [-0.3, -0.25) is 0 Å². The Labute approximate surface area is 275 Å². The third kappa shape index (κ3) is 4.77. The molecule has 1 aliphatic rings. The lowest BCUT2D eigenvalue weighted by molar-refractivity contribution is -0.765. The molecule has 2 nitrogen and oxygen atoms in total. The number of unbranched alkanes of at least 4 members (excludes halogenated alkanes) is 1. The Morgan fingerprint density at radius 2 is 1.41 bits per heavy atom. The van der Waals surface area contributed by atoms with Crippen molar-refractivity contribution < 1.29 is 8.97 Å². The molecule has 0 saturated heterocycles. The lowest BCUT2D eigenvalue weighted by atomic mass is 9.57. The summed E-state index contributed by atoms with van der Waals surface area (Å²) in [5.41, 5.74) is 12.1. The summed E-state index contributed by atoms with van der Waals surface area (Å²) in [6, 6.07) is 36.9. The highest BCUT2D eigenvalue weighted by Crippen LogP contribution is 2.52. The molecule has 46 heavy (non-hydrogen) atoms. The minimum absolute atomic E-state index is 0.0933. The predicted molar refractivity (Wildman–Crippen MR) is 192 cm³/mol. The Morgan fingerprint density at radius 3 is 2.15 bits per heavy atom. The van der Waals surface area contributed by atoms with Crippen molar-refractivity contribution in [2.75, 3.05) is 0 Å². The molecule has 1 aliphatic heterocycles. The van der Waals surface area contributed by atoms with Crippen molar-refractivity contribution in [2.45, 2.75) is 90.5 Å². The van der Waals surface area contributed by atoms with Gasteiger partial charge in [0.25, 0.3) is 0 Å². The van der Waals surface area contributed by atoms with Crippen molar-refractivity contribution in [1.82, 2.24) is 0 Å². The second-order valence-corrected chi connectivity index (χ2v) is 13.6. The first-order valence-electron chi connectivity index (χ1n) is 17.6. The largest absolute Gasteiger partial charge is 0.218 e. The molecule has 0 amide bonds. The van der Waals surface area contributed by atoms with E-state index in [1.54, 1.807) is 0 Å². The first-order valence-corrected chi connectivity index (χ1v) is 17.6. The van der Waals surface area contributed by atoms with E-state index in [1.807, 2.05) is 0 Å². The SMILES string of the molecule is CCCCc1ccc2c(c1)-c1cccc[n+]1C(C)(CC)C2(CC)Cc1c[n+]2cc(-c3ccc(CC)cc3)ccc2c2ccccc12. The molecule has 4 heterocycles. The monoisotopic (exact) mass is 604 g/mol. The van der Waals surface area contributed by atoms with E-state index < -0.39 is 0 Å². The lowest BCUT2D eigenvalue weighted by Crippen LogP contribution is -2.69. The second-order valence-electron chi connectivity index (χ2n) is 13.6. The highest BCUT2D eigenvalue weighted by Gasteiger charge is 2.59. The third-order valence-corrected chi connectivity index (χ3v) is 11.4. The average molecular weight is 605 g/mol. The first-order chi connectivity index (χ1) is 22.5. The molecule has 0 N–H and O–H groups in total. The van der Waals surface area contributed by atoms with Gasteiger partial charge in [0.05, 0.1) is 16.4 Å². The summed E-state index contributed by atoms with van der Waals surface area (Å²) in [5.74, 6) is 0. The van der Waals surface area contributed by atoms with Crippen LogP contribution in [0.4, 0.5) is 0 Å². The zero-order chi connectivity index (χ0) is 31.9. The van der Waals surface area contributed by atoms with E-state index in [4.69, 9.17) is 0 Å². The summed E-state index contributed by atoms with van der Waals surface area (Å²) < 4.78 is 5.02. The molecule has 3 aromatic carbocycles. The quantitative estimate of drug-likeness (QED) is 0.115. The molecule has 0 bridgehead atoms. The summed E-state index contributed by atoms with van der Waals surface area (Å²) in [6.07, 6.45) is 14.8. The Bertz CT molecular complexity index is 2040. The Hall–Kier alpha value is -4.30. The van der Waals surface area contributed by atoms with Crippen molar-refractivity contribution in [3.63, 3.8) is 0 Å². The van der Waals surface area contributed by atoms with Gasteiger partial charge in [0.15, 0.2) is 24.1 Å². The van der Waals surface area contributed by atoms with Crippen LogP contribution in [0.3, 0.4) is 0 Å². The number of aryl methyl sites for hydroxylation is 2. The number of rotatable bonds is 9. The van der Waals surface area contributed by atoms with Crippen molar-refractivity contribution >= 4 is 16.3 Å². The topological polar surface area (TPSA) is 7.98 Å². The van der Waals surface area contributed by atoms with Gasteiger partial charge in [0, 0.05) is 42.7 Å². The summed E-state index contributed by atoms with van der Waals surface area (Å²) in [7, 11) is 0. The maximum atomic E-state index is 2.62. The van der Waals surface area contributed by atoms with Crippen LogP contribution in [0.25, 0.3) is 38.7 Å². The molecule has 0 spiro atoms. The number of hydrogen-bond donors (Lipinski definition) is 0. The van der Waals surface area contributed by atoms with Gasteiger partial charge in [-0.05, 0) is 84.0 Å². The summed E-state index contributed by atoms with van der Waals surface area (Å²) in [4.78, 5) is 0. The van der Waals surface area contributed by atoms with Crippen LogP contribution >= 0.6 is 0 Å². The molecule has 7 rings (SSSR count). The fraction of sp³-hybridized carbons (Fsp3) is 0.318. The molecule has 2 heteroatoms. The number of hydrogen-bond acceptors (Lipinski definition) is 0. The molecular formula is C44H48N2+2. The number of aromatic nitrogens is 2. The summed E-state index contributed by atoms with van der Waals surface area (Å²) in [6.45, 7) is 11.8. The van der Waals surface area contributed by atoms with Gasteiger partial charge in [-0.25, -0.2) is 0 Å². The highest BCUT2D eigenvalue weighted by atomic mass is 15.1. The fourth-order valence-electron chi connectivity index (χ4n) is 8.51. The van der Waals surface area contributed by atoms with E-state index in [9.17, 15) is 0 Å². The van der Waals surface area contributed by atoms with Crippen molar-refractivity contribution in [2.24, 2.45) is 0 Å². The van der Waals surface area contributed by atoms with E-state index >= 15 is 0 Å². The first kappa shape index (κ1) is 30.4. The standard InChI is InChI=1S/C44H48N2/c1-6-10-15-33-21-25-40-39(28-33)42-18-13-14-27-46(42)43(5,8-3)44(40,9-4)29-36-31-45-30-35(34-22-19-32(7-2)20-23-34)24-26-41(45)38-17-12-11-16-37(36)38/h11-14,16-28,30-31H,6-10,15,29H2,1-5H3/q+2. The predicted octanol–water partition coefficient (Wildman–Crippen LogP) is 10.1. The number of benzene rings is 3. The van der Waals surface area contributed by atoms with Crippen LogP contribution in [0.5, 0.6) is 0 Å². The molecule has 0 saturated carbocycles. The van der Waals surface area contributed by atoms with Crippen LogP contribution in [0.2, 0.25) is 0 Å². The zero-order valence-corrected chi connectivity index (χ0v) is 28.3. The number of fused-ring (bicyclic) bond motifs is 6. The molecule has 0 radical (unpaired) electrons. The van der Waals surface area contributed by atoms with Crippen molar-refractivity contribution in [3.8, 4) is 22.4 Å². The molecule has 2 unspecified atom stereocenters. The van der Waals surface area contributed by atoms with Crippen LogP contribution < -0.4 is 8.97 Å². The van der Waals surface area contributed by atoms with Gasteiger partial charge in [-0.15, -0.1) is 0 Å². The minimum atomic E-state index is -0.0973. The van der Waals surface area contributed by atoms with E-state index in [-0.39, 0.29) is 11.0 Å². The third-order valence-electron chi connectivity index (χ3n) is 11.4. The molecule has 2 atom stereocenters. The second kappa shape index (κ2) is 12.1. The molecule has 232 valence electrons. The highest BCUT2D eigenvalue weighted by molar-refractivity contribution is 5.96. The fourth-order valence-corrected chi connectivity index (χ4v) is 8.51. The van der Waals surface area contributed by atoms with E-state index in [1.165, 1.54) is 73.8 Å². The van der Waals surface area contributed by atoms with Crippen molar-refractivity contribution in [1.29, 1.82) is 0 Å². The minimum Gasteiger partial charge on any atom is -0.192 e. The Kier molecular flexibility index (Phi) is 8.01. The number of pyridine rings is 3. The zero-order valence-electron chi connectivity index (χ0n) is 28.3. The van der Waals surface area contributed by atoms with E-state index in [2.05, 4.69) is 159 Å². The molecular weight excluding hydrogens is 556 g/mol. The van der Waals surface area contributed by atoms with Crippen LogP contribution in [-0.4, -0.2) is 0 Å². The van der Waals surface area contributed by atoms with Crippen LogP contribution in [-0.2, 0) is 30.2 Å². The molecule has 6 aromatic rings. The lowest BCUT2D eigenvalue weighted by Gasteiger charge is -2.48. The van der Waals surface area contributed by atoms with E-state index in [0.717, 1.165) is 32.1 Å². The van der Waals surface area contributed by atoms with Crippen LogP contribution in [0, 0.1) is 0 Å².